The Labute approximate surface area is 141 Å². The molecule has 0 aliphatic carbocycles. The highest BCUT2D eigenvalue weighted by Crippen LogP contribution is 2.28. The maximum absolute atomic E-state index is 12.8. The quantitative estimate of drug-likeness (QED) is 0.844. The Hall–Kier alpha value is -2.44. The summed E-state index contributed by atoms with van der Waals surface area (Å²) < 4.78 is 3.68. The summed E-state index contributed by atoms with van der Waals surface area (Å²) >= 11 is 0. The lowest BCUT2D eigenvalue weighted by atomic mass is 10.1. The molecule has 3 heterocycles. The largest absolute Gasteiger partial charge is 0.335 e. The van der Waals surface area contributed by atoms with Gasteiger partial charge in [0.15, 0.2) is 0 Å². The van der Waals surface area contributed by atoms with Crippen molar-refractivity contribution in [2.75, 3.05) is 13.1 Å². The van der Waals surface area contributed by atoms with Gasteiger partial charge in [-0.3, -0.25) is 9.48 Å². The minimum absolute atomic E-state index is 0.0455. The molecular formula is C17H24N6O. The van der Waals surface area contributed by atoms with Gasteiger partial charge in [-0.25, -0.2) is 4.68 Å². The second-order valence-electron chi connectivity index (χ2n) is 6.32. The minimum atomic E-state index is 0.0455. The van der Waals surface area contributed by atoms with E-state index >= 15 is 0 Å². The SMILES string of the molecule is C/C=C/c1cn([C@H]2CN(C(=O)c3ccnn3CCC)C[C@H]2C)nn1. The van der Waals surface area contributed by atoms with Crippen LogP contribution in [0.2, 0.25) is 0 Å². The van der Waals surface area contributed by atoms with E-state index in [-0.39, 0.29) is 11.9 Å². The van der Waals surface area contributed by atoms with Crippen LogP contribution >= 0.6 is 0 Å². The molecular weight excluding hydrogens is 304 g/mol. The van der Waals surface area contributed by atoms with E-state index in [1.54, 1.807) is 16.9 Å². The van der Waals surface area contributed by atoms with Crippen molar-refractivity contribution < 1.29 is 4.79 Å². The third-order valence-corrected chi connectivity index (χ3v) is 4.44. The van der Waals surface area contributed by atoms with Crippen molar-refractivity contribution in [2.45, 2.75) is 39.8 Å². The van der Waals surface area contributed by atoms with Crippen molar-refractivity contribution >= 4 is 12.0 Å². The number of likely N-dealkylation sites (tertiary alicyclic amines) is 1. The summed E-state index contributed by atoms with van der Waals surface area (Å²) in [4.78, 5) is 14.7. The van der Waals surface area contributed by atoms with Gasteiger partial charge in [0, 0.05) is 25.8 Å². The van der Waals surface area contributed by atoms with Crippen LogP contribution < -0.4 is 0 Å². The molecule has 24 heavy (non-hydrogen) atoms. The lowest BCUT2D eigenvalue weighted by molar-refractivity contribution is 0.0771. The van der Waals surface area contributed by atoms with Gasteiger partial charge in [-0.15, -0.1) is 5.10 Å². The number of hydrogen-bond acceptors (Lipinski definition) is 4. The van der Waals surface area contributed by atoms with Crippen LogP contribution in [0.3, 0.4) is 0 Å². The Bertz CT molecular complexity index is 731. The van der Waals surface area contributed by atoms with E-state index in [1.807, 2.05) is 34.9 Å². The third-order valence-electron chi connectivity index (χ3n) is 4.44. The zero-order valence-electron chi connectivity index (χ0n) is 14.5. The molecule has 0 saturated carbocycles. The average molecular weight is 328 g/mol. The van der Waals surface area contributed by atoms with Crippen LogP contribution in [0.15, 0.2) is 24.5 Å². The smallest absolute Gasteiger partial charge is 0.272 e. The minimum Gasteiger partial charge on any atom is -0.335 e. The molecule has 0 N–H and O–H groups in total. The zero-order chi connectivity index (χ0) is 17.1. The van der Waals surface area contributed by atoms with Crippen LogP contribution in [0.1, 0.15) is 49.4 Å². The molecule has 3 rings (SSSR count). The van der Waals surface area contributed by atoms with Gasteiger partial charge in [-0.05, 0) is 31.4 Å². The fourth-order valence-electron chi connectivity index (χ4n) is 3.23. The Morgan fingerprint density at radius 2 is 2.25 bits per heavy atom. The van der Waals surface area contributed by atoms with Gasteiger partial charge in [0.25, 0.3) is 5.91 Å². The summed E-state index contributed by atoms with van der Waals surface area (Å²) in [5, 5.41) is 12.6. The van der Waals surface area contributed by atoms with Crippen molar-refractivity contribution in [3.05, 3.63) is 35.9 Å². The van der Waals surface area contributed by atoms with Crippen LogP contribution in [0.25, 0.3) is 6.08 Å². The topological polar surface area (TPSA) is 68.8 Å². The molecule has 0 radical (unpaired) electrons. The molecule has 2 aromatic heterocycles. The summed E-state index contributed by atoms with van der Waals surface area (Å²) in [5.41, 5.74) is 1.51. The summed E-state index contributed by atoms with van der Waals surface area (Å²) in [6.07, 6.45) is 8.46. The number of carbonyl (C=O) groups excluding carboxylic acids is 1. The second kappa shape index (κ2) is 6.98. The molecule has 7 nitrogen and oxygen atoms in total. The van der Waals surface area contributed by atoms with Crippen LogP contribution in [0, 0.1) is 5.92 Å². The van der Waals surface area contributed by atoms with E-state index < -0.39 is 0 Å². The van der Waals surface area contributed by atoms with Crippen LogP contribution in [0.5, 0.6) is 0 Å². The Kier molecular flexibility index (Phi) is 4.78. The highest BCUT2D eigenvalue weighted by atomic mass is 16.2. The van der Waals surface area contributed by atoms with Gasteiger partial charge in [0.05, 0.1) is 12.2 Å². The normalized spacial score (nSPS) is 21.0. The number of hydrogen-bond donors (Lipinski definition) is 0. The third kappa shape index (κ3) is 3.11. The van der Waals surface area contributed by atoms with Gasteiger partial charge >= 0.3 is 0 Å². The van der Waals surface area contributed by atoms with Gasteiger partial charge < -0.3 is 4.90 Å². The van der Waals surface area contributed by atoms with Crippen molar-refractivity contribution in [3.63, 3.8) is 0 Å². The Morgan fingerprint density at radius 3 is 3.00 bits per heavy atom. The maximum Gasteiger partial charge on any atom is 0.272 e. The zero-order valence-corrected chi connectivity index (χ0v) is 14.5. The van der Waals surface area contributed by atoms with Crippen molar-refractivity contribution in [1.82, 2.24) is 29.7 Å². The first-order chi connectivity index (χ1) is 11.6. The number of nitrogens with zero attached hydrogens (tertiary/aromatic N) is 6. The van der Waals surface area contributed by atoms with E-state index in [0.717, 1.165) is 25.2 Å². The number of rotatable bonds is 5. The number of allylic oxidation sites excluding steroid dienone is 1. The maximum atomic E-state index is 12.8. The predicted molar refractivity (Wildman–Crippen MR) is 91.4 cm³/mol. The molecule has 0 aromatic carbocycles. The number of aromatic nitrogens is 5. The molecule has 1 aliphatic rings. The van der Waals surface area contributed by atoms with Gasteiger partial charge in [0.2, 0.25) is 0 Å². The molecule has 128 valence electrons. The molecule has 0 spiro atoms. The summed E-state index contributed by atoms with van der Waals surface area (Å²) in [6, 6.07) is 1.96. The van der Waals surface area contributed by atoms with Gasteiger partial charge in [0.1, 0.15) is 11.4 Å². The average Bonchev–Trinajstić information content (AvgIpc) is 3.27. The first-order valence-electron chi connectivity index (χ1n) is 8.49. The lowest BCUT2D eigenvalue weighted by Gasteiger charge is -2.17. The monoisotopic (exact) mass is 328 g/mol. The molecule has 1 saturated heterocycles. The van der Waals surface area contributed by atoms with Gasteiger partial charge in [-0.1, -0.05) is 25.1 Å². The van der Waals surface area contributed by atoms with Crippen LogP contribution in [-0.2, 0) is 6.54 Å². The summed E-state index contributed by atoms with van der Waals surface area (Å²) in [6.45, 7) is 8.32. The van der Waals surface area contributed by atoms with E-state index in [2.05, 4.69) is 29.3 Å². The molecule has 2 aromatic rings. The molecule has 7 heteroatoms. The fraction of sp³-hybridized carbons (Fsp3) is 0.529. The molecule has 1 aliphatic heterocycles. The van der Waals surface area contributed by atoms with Crippen LogP contribution in [-0.4, -0.2) is 48.7 Å². The number of amides is 1. The fourth-order valence-corrected chi connectivity index (χ4v) is 3.23. The highest BCUT2D eigenvalue weighted by molar-refractivity contribution is 5.92. The highest BCUT2D eigenvalue weighted by Gasteiger charge is 2.35. The van der Waals surface area contributed by atoms with E-state index in [4.69, 9.17) is 0 Å². The lowest BCUT2D eigenvalue weighted by Crippen LogP contribution is -2.31. The summed E-state index contributed by atoms with van der Waals surface area (Å²) in [7, 11) is 0. The standard InChI is InChI=1S/C17H24N6O/c1-4-6-14-11-23(20-19-14)16-12-21(10-13(16)3)17(24)15-7-8-18-22(15)9-5-2/h4,6-8,11,13,16H,5,9-10,12H2,1-3H3/b6-4+/t13-,16+/m1/s1. The first kappa shape index (κ1) is 16.4. The molecule has 0 unspecified atom stereocenters. The second-order valence-corrected chi connectivity index (χ2v) is 6.32. The number of aryl methyl sites for hydroxylation is 1. The molecule has 1 fully saturated rings. The first-order valence-corrected chi connectivity index (χ1v) is 8.49. The Balaban J connectivity index is 1.74. The van der Waals surface area contributed by atoms with Crippen molar-refractivity contribution in [1.29, 1.82) is 0 Å². The van der Waals surface area contributed by atoms with Crippen molar-refractivity contribution in [3.8, 4) is 0 Å². The van der Waals surface area contributed by atoms with E-state index in [0.29, 0.717) is 18.2 Å². The Morgan fingerprint density at radius 1 is 1.42 bits per heavy atom. The van der Waals surface area contributed by atoms with E-state index in [9.17, 15) is 4.79 Å². The number of carbonyl (C=O) groups is 1. The van der Waals surface area contributed by atoms with Crippen LogP contribution in [0.4, 0.5) is 0 Å². The van der Waals surface area contributed by atoms with Crippen molar-refractivity contribution in [2.24, 2.45) is 5.92 Å². The molecule has 2 atom stereocenters. The summed E-state index contributed by atoms with van der Waals surface area (Å²) in [5.74, 6) is 0.376. The molecule has 0 bridgehead atoms. The van der Waals surface area contributed by atoms with E-state index in [1.165, 1.54) is 0 Å². The predicted octanol–water partition coefficient (Wildman–Crippen LogP) is 2.25. The molecule has 1 amide bonds. The van der Waals surface area contributed by atoms with Gasteiger partial charge in [-0.2, -0.15) is 5.10 Å².